The molecule has 2 aromatic rings. The van der Waals surface area contributed by atoms with Crippen LogP contribution in [-0.4, -0.2) is 47.9 Å². The van der Waals surface area contributed by atoms with Gasteiger partial charge in [-0.1, -0.05) is 18.2 Å². The Labute approximate surface area is 146 Å². The van der Waals surface area contributed by atoms with Gasteiger partial charge in [-0.3, -0.25) is 4.79 Å². The highest BCUT2D eigenvalue weighted by molar-refractivity contribution is 5.82. The van der Waals surface area contributed by atoms with E-state index in [0.29, 0.717) is 26.2 Å². The highest BCUT2D eigenvalue weighted by atomic mass is 16.3. The third-order valence-corrected chi connectivity index (χ3v) is 5.02. The summed E-state index contributed by atoms with van der Waals surface area (Å²) in [6.07, 6.45) is 2.04. The van der Waals surface area contributed by atoms with Gasteiger partial charge >= 0.3 is 6.03 Å². The van der Waals surface area contributed by atoms with Crippen LogP contribution < -0.4 is 5.32 Å². The highest BCUT2D eigenvalue weighted by Crippen LogP contribution is 2.31. The van der Waals surface area contributed by atoms with Gasteiger partial charge < -0.3 is 19.5 Å². The fourth-order valence-corrected chi connectivity index (χ4v) is 3.28. The van der Waals surface area contributed by atoms with Gasteiger partial charge in [0.1, 0.15) is 11.3 Å². The monoisotopic (exact) mass is 341 g/mol. The Kier molecular flexibility index (Phi) is 4.11. The fourth-order valence-electron chi connectivity index (χ4n) is 3.28. The first-order valence-electron chi connectivity index (χ1n) is 8.94. The largest absolute Gasteiger partial charge is 0.459 e. The van der Waals surface area contributed by atoms with E-state index in [1.807, 2.05) is 42.2 Å². The summed E-state index contributed by atoms with van der Waals surface area (Å²) in [5.41, 5.74) is 0.825. The molecule has 2 fully saturated rings. The summed E-state index contributed by atoms with van der Waals surface area (Å²) in [6.45, 7) is 4.33. The zero-order valence-electron chi connectivity index (χ0n) is 14.4. The van der Waals surface area contributed by atoms with E-state index in [2.05, 4.69) is 5.32 Å². The number of hydrogen-bond acceptors (Lipinski definition) is 3. The molecule has 3 amide bonds. The molecule has 1 aliphatic carbocycles. The Bertz CT molecular complexity index is 755. The molecule has 6 heteroatoms. The van der Waals surface area contributed by atoms with Crippen molar-refractivity contribution in [1.29, 1.82) is 0 Å². The number of nitrogens with zero attached hydrogens (tertiary/aromatic N) is 2. The number of carbonyl (C=O) groups excluding carboxylic acids is 2. The van der Waals surface area contributed by atoms with Crippen molar-refractivity contribution < 1.29 is 14.0 Å². The smallest absolute Gasteiger partial charge is 0.318 e. The van der Waals surface area contributed by atoms with E-state index >= 15 is 0 Å². The van der Waals surface area contributed by atoms with E-state index in [0.717, 1.165) is 29.6 Å². The lowest BCUT2D eigenvalue weighted by Gasteiger charge is -2.35. The Hall–Kier alpha value is -2.50. The van der Waals surface area contributed by atoms with Gasteiger partial charge in [-0.2, -0.15) is 0 Å². The summed E-state index contributed by atoms with van der Waals surface area (Å²) in [7, 11) is 0. The summed E-state index contributed by atoms with van der Waals surface area (Å²) in [6, 6.07) is 9.47. The standard InChI is InChI=1S/C19H23N3O3/c1-13(17-12-15-4-2-3-5-16(15)25-17)20-19(24)22-10-8-21(9-11-22)18(23)14-6-7-14/h2-5,12-14H,6-11H2,1H3,(H,20,24). The maximum atomic E-state index is 12.5. The molecule has 4 rings (SSSR count). The summed E-state index contributed by atoms with van der Waals surface area (Å²) < 4.78 is 5.81. The molecule has 2 aliphatic rings. The number of carbonyl (C=O) groups is 2. The first-order valence-corrected chi connectivity index (χ1v) is 8.94. The molecular formula is C19H23N3O3. The van der Waals surface area contributed by atoms with Gasteiger partial charge in [-0.05, 0) is 31.9 Å². The minimum atomic E-state index is -0.203. The second-order valence-corrected chi connectivity index (χ2v) is 6.94. The summed E-state index contributed by atoms with van der Waals surface area (Å²) in [4.78, 5) is 28.2. The molecule has 1 aromatic carbocycles. The first-order chi connectivity index (χ1) is 12.1. The SMILES string of the molecule is CC(NC(=O)N1CCN(C(=O)C2CC2)CC1)c1cc2ccccc2o1. The molecule has 1 atom stereocenters. The molecule has 1 aliphatic heterocycles. The average molecular weight is 341 g/mol. The Morgan fingerprint density at radius 2 is 1.80 bits per heavy atom. The van der Waals surface area contributed by atoms with Crippen LogP contribution in [0.25, 0.3) is 11.0 Å². The molecular weight excluding hydrogens is 318 g/mol. The lowest BCUT2D eigenvalue weighted by molar-refractivity contribution is -0.133. The number of amides is 3. The third kappa shape index (κ3) is 3.34. The van der Waals surface area contributed by atoms with Crippen molar-refractivity contribution in [3.63, 3.8) is 0 Å². The number of rotatable bonds is 3. The number of piperazine rings is 1. The number of benzene rings is 1. The van der Waals surface area contributed by atoms with Crippen LogP contribution in [0.3, 0.4) is 0 Å². The molecule has 0 spiro atoms. The molecule has 1 saturated carbocycles. The Balaban J connectivity index is 1.33. The van der Waals surface area contributed by atoms with Gasteiger partial charge in [0.15, 0.2) is 0 Å². The van der Waals surface area contributed by atoms with Crippen LogP contribution in [0, 0.1) is 5.92 Å². The molecule has 2 heterocycles. The summed E-state index contributed by atoms with van der Waals surface area (Å²) in [5, 5.41) is 4.03. The highest BCUT2D eigenvalue weighted by Gasteiger charge is 2.35. The topological polar surface area (TPSA) is 65.8 Å². The predicted octanol–water partition coefficient (Wildman–Crippen LogP) is 2.76. The van der Waals surface area contributed by atoms with Gasteiger partial charge in [0.25, 0.3) is 0 Å². The number of hydrogen-bond donors (Lipinski definition) is 1. The molecule has 1 aromatic heterocycles. The van der Waals surface area contributed by atoms with Crippen molar-refractivity contribution in [3.05, 3.63) is 36.1 Å². The number of para-hydroxylation sites is 1. The summed E-state index contributed by atoms with van der Waals surface area (Å²) in [5.74, 6) is 1.25. The number of fused-ring (bicyclic) bond motifs is 1. The first kappa shape index (κ1) is 16.0. The molecule has 6 nitrogen and oxygen atoms in total. The second-order valence-electron chi connectivity index (χ2n) is 6.94. The maximum absolute atomic E-state index is 12.5. The van der Waals surface area contributed by atoms with Crippen LogP contribution in [0.1, 0.15) is 31.6 Å². The van der Waals surface area contributed by atoms with Crippen molar-refractivity contribution in [1.82, 2.24) is 15.1 Å². The zero-order valence-corrected chi connectivity index (χ0v) is 14.4. The third-order valence-electron chi connectivity index (χ3n) is 5.02. The van der Waals surface area contributed by atoms with Gasteiger partial charge in [0.05, 0.1) is 6.04 Å². The minimum Gasteiger partial charge on any atom is -0.459 e. The number of furan rings is 1. The number of nitrogens with one attached hydrogen (secondary N) is 1. The molecule has 1 unspecified atom stereocenters. The van der Waals surface area contributed by atoms with Crippen molar-refractivity contribution in [3.8, 4) is 0 Å². The van der Waals surface area contributed by atoms with E-state index in [-0.39, 0.29) is 23.9 Å². The fraction of sp³-hybridized carbons (Fsp3) is 0.474. The van der Waals surface area contributed by atoms with E-state index in [1.165, 1.54) is 0 Å². The maximum Gasteiger partial charge on any atom is 0.318 e. The molecule has 1 N–H and O–H groups in total. The lowest BCUT2D eigenvalue weighted by Crippen LogP contribution is -2.53. The van der Waals surface area contributed by atoms with E-state index < -0.39 is 0 Å². The molecule has 25 heavy (non-hydrogen) atoms. The zero-order chi connectivity index (χ0) is 17.4. The molecule has 0 bridgehead atoms. The average Bonchev–Trinajstić information content (AvgIpc) is 3.39. The summed E-state index contributed by atoms with van der Waals surface area (Å²) >= 11 is 0. The van der Waals surface area contributed by atoms with Crippen molar-refractivity contribution in [2.24, 2.45) is 5.92 Å². The van der Waals surface area contributed by atoms with Crippen LogP contribution in [0.5, 0.6) is 0 Å². The van der Waals surface area contributed by atoms with Crippen LogP contribution in [-0.2, 0) is 4.79 Å². The van der Waals surface area contributed by atoms with E-state index in [1.54, 1.807) is 4.90 Å². The lowest BCUT2D eigenvalue weighted by atomic mass is 10.2. The normalized spacial score (nSPS) is 19.1. The number of urea groups is 1. The van der Waals surface area contributed by atoms with Crippen LogP contribution >= 0.6 is 0 Å². The quantitative estimate of drug-likeness (QED) is 0.933. The van der Waals surface area contributed by atoms with E-state index in [4.69, 9.17) is 4.42 Å². The minimum absolute atomic E-state index is 0.105. The second kappa shape index (κ2) is 6.43. The van der Waals surface area contributed by atoms with Gasteiger partial charge in [-0.15, -0.1) is 0 Å². The Morgan fingerprint density at radius 3 is 2.48 bits per heavy atom. The molecule has 0 radical (unpaired) electrons. The van der Waals surface area contributed by atoms with Crippen molar-refractivity contribution >= 4 is 22.9 Å². The molecule has 132 valence electrons. The Morgan fingerprint density at radius 1 is 1.12 bits per heavy atom. The van der Waals surface area contributed by atoms with Gasteiger partial charge in [0.2, 0.25) is 5.91 Å². The van der Waals surface area contributed by atoms with Crippen molar-refractivity contribution in [2.75, 3.05) is 26.2 Å². The van der Waals surface area contributed by atoms with Crippen LogP contribution in [0.15, 0.2) is 34.7 Å². The van der Waals surface area contributed by atoms with Gasteiger partial charge in [0, 0.05) is 37.5 Å². The van der Waals surface area contributed by atoms with Gasteiger partial charge in [-0.25, -0.2) is 4.79 Å². The van der Waals surface area contributed by atoms with Crippen LogP contribution in [0.2, 0.25) is 0 Å². The van der Waals surface area contributed by atoms with Crippen LogP contribution in [0.4, 0.5) is 4.79 Å². The van der Waals surface area contributed by atoms with E-state index in [9.17, 15) is 9.59 Å². The molecule has 1 saturated heterocycles. The van der Waals surface area contributed by atoms with Crippen molar-refractivity contribution in [2.45, 2.75) is 25.8 Å². The predicted molar refractivity (Wildman–Crippen MR) is 94.0 cm³/mol.